The molecule has 0 saturated heterocycles. The largest absolute Gasteiger partial charge is 0.490 e. The van der Waals surface area contributed by atoms with Crippen LogP contribution in [0.2, 0.25) is 5.02 Å². The highest BCUT2D eigenvalue weighted by Gasteiger charge is 2.09. The molecule has 5 nitrogen and oxygen atoms in total. The molecule has 0 amide bonds. The van der Waals surface area contributed by atoms with Gasteiger partial charge < -0.3 is 18.4 Å². The summed E-state index contributed by atoms with van der Waals surface area (Å²) in [7, 11) is 0. The standard InChI is InChI=1S/C19H21ClO5S/c1-14(23-13-26-25-15(2)21)10-11-22-18-9-8-16(20)12-19(18)24-17-6-4-3-5-7-17/h3-9,12,14H,10-11,13H2,1-2H3. The Hall–Kier alpha value is -1.89. The summed E-state index contributed by atoms with van der Waals surface area (Å²) in [5.74, 6) is 1.81. The van der Waals surface area contributed by atoms with Gasteiger partial charge in [-0.3, -0.25) is 4.79 Å². The van der Waals surface area contributed by atoms with Crippen LogP contribution >= 0.6 is 23.6 Å². The van der Waals surface area contributed by atoms with Crippen LogP contribution in [0, 0.1) is 0 Å². The van der Waals surface area contributed by atoms with Gasteiger partial charge in [0.15, 0.2) is 11.5 Å². The predicted octanol–water partition coefficient (Wildman–Crippen LogP) is 5.48. The normalized spacial score (nSPS) is 11.7. The van der Waals surface area contributed by atoms with Crippen molar-refractivity contribution in [3.63, 3.8) is 0 Å². The Balaban J connectivity index is 1.82. The quantitative estimate of drug-likeness (QED) is 0.301. The summed E-state index contributed by atoms with van der Waals surface area (Å²) in [5, 5.41) is 0.572. The Morgan fingerprint density at radius 3 is 2.65 bits per heavy atom. The maximum Gasteiger partial charge on any atom is 0.314 e. The van der Waals surface area contributed by atoms with Gasteiger partial charge >= 0.3 is 5.97 Å². The third-order valence-electron chi connectivity index (χ3n) is 3.24. The van der Waals surface area contributed by atoms with E-state index in [1.807, 2.05) is 37.3 Å². The van der Waals surface area contributed by atoms with Crippen LogP contribution in [0.3, 0.4) is 0 Å². The van der Waals surface area contributed by atoms with E-state index in [2.05, 4.69) is 0 Å². The number of halogens is 1. The Bertz CT molecular complexity index is 696. The average Bonchev–Trinajstić information content (AvgIpc) is 2.61. The molecule has 0 saturated carbocycles. The topological polar surface area (TPSA) is 54.0 Å². The molecule has 7 heteroatoms. The highest BCUT2D eigenvalue weighted by atomic mass is 35.5. The zero-order valence-corrected chi connectivity index (χ0v) is 16.2. The van der Waals surface area contributed by atoms with Crippen LogP contribution < -0.4 is 9.47 Å². The molecule has 0 aromatic heterocycles. The molecule has 2 aromatic carbocycles. The summed E-state index contributed by atoms with van der Waals surface area (Å²) in [6.45, 7) is 3.73. The number of ether oxygens (including phenoxy) is 3. The number of para-hydroxylation sites is 1. The predicted molar refractivity (Wildman–Crippen MR) is 103 cm³/mol. The summed E-state index contributed by atoms with van der Waals surface area (Å²) in [6, 6.07) is 14.7. The fourth-order valence-corrected chi connectivity index (χ4v) is 2.63. The van der Waals surface area contributed by atoms with Gasteiger partial charge in [0.25, 0.3) is 0 Å². The SMILES string of the molecule is CC(=O)OSCOC(C)CCOc1ccc(Cl)cc1Oc1ccccc1. The Morgan fingerprint density at radius 1 is 1.15 bits per heavy atom. The Kier molecular flexibility index (Phi) is 8.61. The second kappa shape index (κ2) is 11.0. The number of hydrogen-bond donors (Lipinski definition) is 0. The fourth-order valence-electron chi connectivity index (χ4n) is 1.97. The van der Waals surface area contributed by atoms with Gasteiger partial charge in [-0.05, 0) is 31.2 Å². The molecule has 0 radical (unpaired) electrons. The van der Waals surface area contributed by atoms with E-state index < -0.39 is 0 Å². The molecule has 1 unspecified atom stereocenters. The van der Waals surface area contributed by atoms with Crippen molar-refractivity contribution in [2.75, 3.05) is 12.5 Å². The fraction of sp³-hybridized carbons (Fsp3) is 0.316. The second-order valence-electron chi connectivity index (χ2n) is 5.43. The highest BCUT2D eigenvalue weighted by Crippen LogP contribution is 2.34. The number of rotatable bonds is 10. The first-order chi connectivity index (χ1) is 12.5. The lowest BCUT2D eigenvalue weighted by molar-refractivity contribution is -0.130. The van der Waals surface area contributed by atoms with Crippen LogP contribution in [0.25, 0.3) is 0 Å². The van der Waals surface area contributed by atoms with Gasteiger partial charge in [-0.2, -0.15) is 0 Å². The van der Waals surface area contributed by atoms with Gasteiger partial charge in [0, 0.05) is 24.4 Å². The van der Waals surface area contributed by atoms with Crippen molar-refractivity contribution in [3.8, 4) is 17.2 Å². The van der Waals surface area contributed by atoms with E-state index in [0.717, 1.165) is 12.0 Å². The van der Waals surface area contributed by atoms with Gasteiger partial charge in [-0.1, -0.05) is 29.8 Å². The van der Waals surface area contributed by atoms with E-state index in [0.29, 0.717) is 35.3 Å². The molecular formula is C19H21ClO5S. The first-order valence-corrected chi connectivity index (χ1v) is 9.40. The molecule has 2 rings (SSSR count). The zero-order chi connectivity index (χ0) is 18.8. The summed E-state index contributed by atoms with van der Waals surface area (Å²) >= 11 is 7.04. The van der Waals surface area contributed by atoms with Crippen molar-refractivity contribution < 1.29 is 23.2 Å². The van der Waals surface area contributed by atoms with Crippen molar-refractivity contribution in [2.45, 2.75) is 26.4 Å². The van der Waals surface area contributed by atoms with E-state index in [9.17, 15) is 4.79 Å². The van der Waals surface area contributed by atoms with Crippen molar-refractivity contribution in [2.24, 2.45) is 0 Å². The van der Waals surface area contributed by atoms with Crippen molar-refractivity contribution in [1.82, 2.24) is 0 Å². The summed E-state index contributed by atoms with van der Waals surface area (Å²) in [5.41, 5.74) is 0. The van der Waals surface area contributed by atoms with Crippen LogP contribution in [0.1, 0.15) is 20.3 Å². The van der Waals surface area contributed by atoms with E-state index in [1.54, 1.807) is 18.2 Å². The minimum atomic E-state index is -0.344. The first kappa shape index (κ1) is 20.4. The van der Waals surface area contributed by atoms with Gasteiger partial charge in [0.2, 0.25) is 0 Å². The lowest BCUT2D eigenvalue weighted by atomic mass is 10.3. The van der Waals surface area contributed by atoms with Crippen molar-refractivity contribution >= 4 is 29.6 Å². The molecule has 0 N–H and O–H groups in total. The van der Waals surface area contributed by atoms with Crippen LogP contribution in [0.5, 0.6) is 17.2 Å². The van der Waals surface area contributed by atoms with Crippen molar-refractivity contribution in [1.29, 1.82) is 0 Å². The molecule has 0 aliphatic carbocycles. The maximum absolute atomic E-state index is 10.7. The van der Waals surface area contributed by atoms with Crippen LogP contribution in [-0.4, -0.2) is 24.6 Å². The molecule has 140 valence electrons. The maximum atomic E-state index is 10.7. The number of benzene rings is 2. The number of carbonyl (C=O) groups excluding carboxylic acids is 1. The molecular weight excluding hydrogens is 376 g/mol. The smallest absolute Gasteiger partial charge is 0.314 e. The molecule has 0 bridgehead atoms. The Labute approximate surface area is 162 Å². The summed E-state index contributed by atoms with van der Waals surface area (Å²) in [4.78, 5) is 10.7. The second-order valence-corrected chi connectivity index (χ2v) is 6.51. The average molecular weight is 397 g/mol. The lowest BCUT2D eigenvalue weighted by Gasteiger charge is -2.15. The van der Waals surface area contributed by atoms with Crippen LogP contribution in [0.4, 0.5) is 0 Å². The van der Waals surface area contributed by atoms with E-state index in [4.69, 9.17) is 30.0 Å². The molecule has 0 spiro atoms. The third kappa shape index (κ3) is 7.56. The van der Waals surface area contributed by atoms with Crippen LogP contribution in [-0.2, 0) is 13.7 Å². The van der Waals surface area contributed by atoms with Gasteiger partial charge in [0.1, 0.15) is 11.7 Å². The lowest BCUT2D eigenvalue weighted by Crippen LogP contribution is -2.13. The number of carbonyl (C=O) groups is 1. The first-order valence-electron chi connectivity index (χ1n) is 8.11. The van der Waals surface area contributed by atoms with E-state index in [-0.39, 0.29) is 18.0 Å². The summed E-state index contributed by atoms with van der Waals surface area (Å²) in [6.07, 6.45) is 0.637. The molecule has 0 heterocycles. The minimum absolute atomic E-state index is 0.0381. The molecule has 0 fully saturated rings. The minimum Gasteiger partial charge on any atom is -0.490 e. The third-order valence-corrected chi connectivity index (χ3v) is 4.06. The van der Waals surface area contributed by atoms with E-state index >= 15 is 0 Å². The Morgan fingerprint density at radius 2 is 1.92 bits per heavy atom. The van der Waals surface area contributed by atoms with Crippen molar-refractivity contribution in [3.05, 3.63) is 53.6 Å². The molecule has 1 atom stereocenters. The molecule has 2 aromatic rings. The van der Waals surface area contributed by atoms with Gasteiger partial charge in [-0.15, -0.1) is 0 Å². The van der Waals surface area contributed by atoms with Crippen LogP contribution in [0.15, 0.2) is 48.5 Å². The highest BCUT2D eigenvalue weighted by molar-refractivity contribution is 7.94. The van der Waals surface area contributed by atoms with E-state index in [1.165, 1.54) is 6.92 Å². The van der Waals surface area contributed by atoms with Gasteiger partial charge in [-0.25, -0.2) is 0 Å². The number of hydrogen-bond acceptors (Lipinski definition) is 6. The molecule has 0 aliphatic rings. The zero-order valence-electron chi connectivity index (χ0n) is 14.6. The monoisotopic (exact) mass is 396 g/mol. The molecule has 26 heavy (non-hydrogen) atoms. The van der Waals surface area contributed by atoms with Gasteiger partial charge in [0.05, 0.1) is 24.8 Å². The molecule has 0 aliphatic heterocycles. The summed E-state index contributed by atoms with van der Waals surface area (Å²) < 4.78 is 22.0.